The minimum Gasteiger partial charge on any atom is -0.310 e. The number of halogens is 1. The number of nitrogens with one attached hydrogen (secondary N) is 1. The van der Waals surface area contributed by atoms with E-state index in [1.165, 1.54) is 26.7 Å². The van der Waals surface area contributed by atoms with Gasteiger partial charge in [0, 0.05) is 10.5 Å². The number of rotatable bonds is 4. The molecule has 1 unspecified atom stereocenters. The first-order valence-electron chi connectivity index (χ1n) is 6.39. The van der Waals surface area contributed by atoms with Gasteiger partial charge in [0.2, 0.25) is 0 Å². The molecule has 1 atom stereocenters. The molecule has 17 heavy (non-hydrogen) atoms. The van der Waals surface area contributed by atoms with Crippen molar-refractivity contribution in [1.82, 2.24) is 5.32 Å². The van der Waals surface area contributed by atoms with E-state index in [2.05, 4.69) is 68.9 Å². The Hall–Kier alpha value is -0.340. The second-order valence-corrected chi connectivity index (χ2v) is 5.94. The Morgan fingerprint density at radius 2 is 1.76 bits per heavy atom. The van der Waals surface area contributed by atoms with E-state index in [9.17, 15) is 0 Å². The zero-order chi connectivity index (χ0) is 13.2. The van der Waals surface area contributed by atoms with Crippen molar-refractivity contribution in [1.29, 1.82) is 0 Å². The summed E-state index contributed by atoms with van der Waals surface area (Å²) in [4.78, 5) is 0. The average Bonchev–Trinajstić information content (AvgIpc) is 2.24. The fourth-order valence-corrected chi connectivity index (χ4v) is 2.87. The SMILES string of the molecule is CCNC(c1c(C)cc(C)c(Br)c1C)C(C)C. The van der Waals surface area contributed by atoms with Crippen LogP contribution in [0.5, 0.6) is 0 Å². The molecule has 0 radical (unpaired) electrons. The van der Waals surface area contributed by atoms with E-state index in [0.29, 0.717) is 12.0 Å². The van der Waals surface area contributed by atoms with Crippen LogP contribution in [0.3, 0.4) is 0 Å². The summed E-state index contributed by atoms with van der Waals surface area (Å²) in [6, 6.07) is 2.72. The van der Waals surface area contributed by atoms with Crippen LogP contribution in [0.1, 0.15) is 49.1 Å². The zero-order valence-corrected chi connectivity index (χ0v) is 13.4. The van der Waals surface area contributed by atoms with Crippen LogP contribution in [0.4, 0.5) is 0 Å². The fourth-order valence-electron chi connectivity index (χ4n) is 2.55. The maximum Gasteiger partial charge on any atom is 0.0348 e. The lowest BCUT2D eigenvalue weighted by atomic mass is 9.88. The molecule has 0 saturated carbocycles. The van der Waals surface area contributed by atoms with Gasteiger partial charge < -0.3 is 5.32 Å². The van der Waals surface area contributed by atoms with Gasteiger partial charge in [-0.15, -0.1) is 0 Å². The molecule has 0 aromatic heterocycles. The molecule has 1 aromatic carbocycles. The first-order valence-corrected chi connectivity index (χ1v) is 7.19. The van der Waals surface area contributed by atoms with Crippen LogP contribution >= 0.6 is 15.9 Å². The molecule has 0 aliphatic heterocycles. The summed E-state index contributed by atoms with van der Waals surface area (Å²) in [6.45, 7) is 14.3. The van der Waals surface area contributed by atoms with E-state index >= 15 is 0 Å². The summed E-state index contributed by atoms with van der Waals surface area (Å²) >= 11 is 3.70. The molecule has 0 saturated heterocycles. The Kier molecular flexibility index (Phi) is 5.21. The number of aryl methyl sites for hydroxylation is 2. The highest BCUT2D eigenvalue weighted by molar-refractivity contribution is 9.10. The third-order valence-corrected chi connectivity index (χ3v) is 4.56. The number of hydrogen-bond donors (Lipinski definition) is 1. The van der Waals surface area contributed by atoms with E-state index < -0.39 is 0 Å². The maximum absolute atomic E-state index is 3.70. The van der Waals surface area contributed by atoms with Gasteiger partial charge in [-0.2, -0.15) is 0 Å². The van der Waals surface area contributed by atoms with Crippen molar-refractivity contribution in [2.75, 3.05) is 6.54 Å². The molecule has 2 heteroatoms. The van der Waals surface area contributed by atoms with E-state index in [-0.39, 0.29) is 0 Å². The Morgan fingerprint density at radius 1 is 1.18 bits per heavy atom. The van der Waals surface area contributed by atoms with Crippen molar-refractivity contribution in [3.63, 3.8) is 0 Å². The molecule has 1 N–H and O–H groups in total. The standard InChI is InChI=1S/C15H24BrN/c1-7-17-15(9(2)3)13-10(4)8-11(5)14(16)12(13)6/h8-9,15,17H,7H2,1-6H3. The average molecular weight is 298 g/mol. The lowest BCUT2D eigenvalue weighted by Gasteiger charge is -2.27. The summed E-state index contributed by atoms with van der Waals surface area (Å²) in [5.74, 6) is 0.599. The van der Waals surface area contributed by atoms with Crippen LogP contribution < -0.4 is 5.32 Å². The molecule has 0 aliphatic rings. The Labute approximate surface area is 114 Å². The molecule has 0 heterocycles. The number of hydrogen-bond acceptors (Lipinski definition) is 1. The molecular formula is C15H24BrN. The van der Waals surface area contributed by atoms with Gasteiger partial charge in [-0.1, -0.05) is 42.8 Å². The Bertz CT molecular complexity index is 396. The third kappa shape index (κ3) is 3.11. The van der Waals surface area contributed by atoms with Gasteiger partial charge in [-0.05, 0) is 55.5 Å². The molecule has 1 nitrogen and oxygen atoms in total. The van der Waals surface area contributed by atoms with Gasteiger partial charge in [-0.25, -0.2) is 0 Å². The van der Waals surface area contributed by atoms with Crippen LogP contribution in [-0.4, -0.2) is 6.54 Å². The molecule has 0 bridgehead atoms. The van der Waals surface area contributed by atoms with Crippen molar-refractivity contribution < 1.29 is 0 Å². The summed E-state index contributed by atoms with van der Waals surface area (Å²) in [5.41, 5.74) is 5.55. The Morgan fingerprint density at radius 3 is 2.24 bits per heavy atom. The van der Waals surface area contributed by atoms with Crippen molar-refractivity contribution in [3.05, 3.63) is 32.8 Å². The van der Waals surface area contributed by atoms with Crippen LogP contribution in [0, 0.1) is 26.7 Å². The highest BCUT2D eigenvalue weighted by atomic mass is 79.9. The molecule has 0 aliphatic carbocycles. The maximum atomic E-state index is 3.70. The van der Waals surface area contributed by atoms with Crippen molar-refractivity contribution in [2.45, 2.75) is 47.6 Å². The van der Waals surface area contributed by atoms with Crippen LogP contribution in [-0.2, 0) is 0 Å². The third-order valence-electron chi connectivity index (χ3n) is 3.34. The summed E-state index contributed by atoms with van der Waals surface area (Å²) in [7, 11) is 0. The first-order chi connectivity index (χ1) is 7.90. The minimum absolute atomic E-state index is 0.442. The molecule has 1 rings (SSSR count). The van der Waals surface area contributed by atoms with E-state index in [1.807, 2.05) is 0 Å². The van der Waals surface area contributed by atoms with E-state index in [4.69, 9.17) is 0 Å². The summed E-state index contributed by atoms with van der Waals surface area (Å²) in [5, 5.41) is 3.61. The van der Waals surface area contributed by atoms with Crippen molar-refractivity contribution in [3.8, 4) is 0 Å². The Balaban J connectivity index is 3.32. The van der Waals surface area contributed by atoms with Gasteiger partial charge in [0.25, 0.3) is 0 Å². The molecule has 0 fully saturated rings. The molecule has 96 valence electrons. The van der Waals surface area contributed by atoms with Crippen molar-refractivity contribution in [2.24, 2.45) is 5.92 Å². The van der Waals surface area contributed by atoms with Gasteiger partial charge in [0.05, 0.1) is 0 Å². The smallest absolute Gasteiger partial charge is 0.0348 e. The minimum atomic E-state index is 0.442. The molecule has 0 amide bonds. The van der Waals surface area contributed by atoms with Gasteiger partial charge in [0.15, 0.2) is 0 Å². The van der Waals surface area contributed by atoms with E-state index in [1.54, 1.807) is 0 Å². The van der Waals surface area contributed by atoms with Gasteiger partial charge in [-0.3, -0.25) is 0 Å². The monoisotopic (exact) mass is 297 g/mol. The second kappa shape index (κ2) is 6.01. The summed E-state index contributed by atoms with van der Waals surface area (Å²) in [6.07, 6.45) is 0. The van der Waals surface area contributed by atoms with Gasteiger partial charge >= 0.3 is 0 Å². The van der Waals surface area contributed by atoms with Crippen molar-refractivity contribution >= 4 is 15.9 Å². The lowest BCUT2D eigenvalue weighted by Crippen LogP contribution is -2.27. The van der Waals surface area contributed by atoms with Crippen LogP contribution in [0.25, 0.3) is 0 Å². The van der Waals surface area contributed by atoms with E-state index in [0.717, 1.165) is 6.54 Å². The van der Waals surface area contributed by atoms with Gasteiger partial charge in [0.1, 0.15) is 0 Å². The molecule has 1 aromatic rings. The first kappa shape index (κ1) is 14.7. The highest BCUT2D eigenvalue weighted by Crippen LogP contribution is 2.33. The molecule has 0 spiro atoms. The molecular weight excluding hydrogens is 274 g/mol. The lowest BCUT2D eigenvalue weighted by molar-refractivity contribution is 0.418. The highest BCUT2D eigenvalue weighted by Gasteiger charge is 2.20. The largest absolute Gasteiger partial charge is 0.310 e. The second-order valence-electron chi connectivity index (χ2n) is 5.14. The fraction of sp³-hybridized carbons (Fsp3) is 0.600. The predicted octanol–water partition coefficient (Wildman–Crippen LogP) is 4.68. The summed E-state index contributed by atoms with van der Waals surface area (Å²) < 4.78 is 1.25. The predicted molar refractivity (Wildman–Crippen MR) is 79.6 cm³/mol. The normalized spacial score (nSPS) is 13.2. The van der Waals surface area contributed by atoms with Crippen LogP contribution in [0.2, 0.25) is 0 Å². The topological polar surface area (TPSA) is 12.0 Å². The quantitative estimate of drug-likeness (QED) is 0.851. The number of benzene rings is 1. The van der Waals surface area contributed by atoms with Crippen LogP contribution in [0.15, 0.2) is 10.5 Å². The zero-order valence-electron chi connectivity index (χ0n) is 11.8.